The molecule has 2 heteroatoms. The molecule has 28 heavy (non-hydrogen) atoms. The van der Waals surface area contributed by atoms with Gasteiger partial charge in [0.15, 0.2) is 5.78 Å². The zero-order valence-corrected chi connectivity index (χ0v) is 18.7. The Hall–Kier alpha value is -0.630. The molecular formula is C26H42O2. The van der Waals surface area contributed by atoms with Gasteiger partial charge in [-0.25, -0.2) is 0 Å². The van der Waals surface area contributed by atoms with Gasteiger partial charge in [0.05, 0.1) is 5.60 Å². The van der Waals surface area contributed by atoms with E-state index < -0.39 is 5.60 Å². The van der Waals surface area contributed by atoms with Crippen LogP contribution in [0.5, 0.6) is 0 Å². The summed E-state index contributed by atoms with van der Waals surface area (Å²) in [4.78, 5) is 12.0. The molecule has 0 aromatic heterocycles. The van der Waals surface area contributed by atoms with E-state index in [1.54, 1.807) is 0 Å². The van der Waals surface area contributed by atoms with Crippen molar-refractivity contribution < 1.29 is 9.90 Å². The van der Waals surface area contributed by atoms with Crippen molar-refractivity contribution in [1.29, 1.82) is 0 Å². The van der Waals surface area contributed by atoms with Crippen LogP contribution in [0, 0.1) is 40.9 Å². The predicted molar refractivity (Wildman–Crippen MR) is 115 cm³/mol. The van der Waals surface area contributed by atoms with Crippen LogP contribution in [0.25, 0.3) is 0 Å². The van der Waals surface area contributed by atoms with E-state index in [0.29, 0.717) is 35.4 Å². The summed E-state index contributed by atoms with van der Waals surface area (Å²) in [7, 11) is 0. The monoisotopic (exact) mass is 386 g/mol. The van der Waals surface area contributed by atoms with Crippen LogP contribution in [0.1, 0.15) is 98.3 Å². The molecule has 4 aliphatic carbocycles. The molecule has 158 valence electrons. The van der Waals surface area contributed by atoms with Crippen molar-refractivity contribution in [2.24, 2.45) is 40.9 Å². The number of fused-ring (bicyclic) bond motifs is 5. The molecule has 4 aliphatic rings. The number of hydrogen-bond donors (Lipinski definition) is 1. The highest BCUT2D eigenvalue weighted by Crippen LogP contribution is 2.64. The topological polar surface area (TPSA) is 37.3 Å². The minimum atomic E-state index is -0.416. The average molecular weight is 387 g/mol. The van der Waals surface area contributed by atoms with E-state index in [1.807, 2.05) is 6.08 Å². The molecule has 2 nitrogen and oxygen atoms in total. The van der Waals surface area contributed by atoms with Crippen LogP contribution >= 0.6 is 0 Å². The van der Waals surface area contributed by atoms with Gasteiger partial charge in [0.1, 0.15) is 0 Å². The fraction of sp³-hybridized carbons (Fsp3) is 0.885. The quantitative estimate of drug-likeness (QED) is 0.600. The Morgan fingerprint density at radius 3 is 2.57 bits per heavy atom. The second kappa shape index (κ2) is 7.56. The highest BCUT2D eigenvalue weighted by molar-refractivity contribution is 5.91. The van der Waals surface area contributed by atoms with Crippen molar-refractivity contribution in [3.05, 3.63) is 11.6 Å². The van der Waals surface area contributed by atoms with Crippen molar-refractivity contribution in [3.63, 3.8) is 0 Å². The molecule has 0 aromatic rings. The summed E-state index contributed by atoms with van der Waals surface area (Å²) in [5.41, 5.74) is 1.24. The molecule has 1 N–H and O–H groups in total. The van der Waals surface area contributed by atoms with Crippen LogP contribution in [0.15, 0.2) is 11.6 Å². The smallest absolute Gasteiger partial charge is 0.155 e. The Labute approximate surface area is 172 Å². The Kier molecular flexibility index (Phi) is 5.57. The van der Waals surface area contributed by atoms with Crippen LogP contribution in [0.3, 0.4) is 0 Å². The maximum absolute atomic E-state index is 12.0. The predicted octanol–water partition coefficient (Wildman–Crippen LogP) is 6.32. The Morgan fingerprint density at radius 1 is 1.04 bits per heavy atom. The summed E-state index contributed by atoms with van der Waals surface area (Å²) in [6.45, 7) is 9.48. The lowest BCUT2D eigenvalue weighted by atomic mass is 9.48. The molecule has 0 amide bonds. The molecule has 0 aliphatic heterocycles. The highest BCUT2D eigenvalue weighted by Gasteiger charge is 2.60. The van der Waals surface area contributed by atoms with E-state index in [2.05, 4.69) is 27.7 Å². The molecule has 7 atom stereocenters. The minimum absolute atomic E-state index is 0.221. The van der Waals surface area contributed by atoms with Gasteiger partial charge in [-0.05, 0) is 91.9 Å². The van der Waals surface area contributed by atoms with Crippen LogP contribution in [0.4, 0.5) is 0 Å². The number of carbonyl (C=O) groups is 1. The maximum atomic E-state index is 12.0. The zero-order valence-electron chi connectivity index (χ0n) is 18.7. The summed E-state index contributed by atoms with van der Waals surface area (Å²) in [5.74, 6) is 4.13. The van der Waals surface area contributed by atoms with E-state index in [9.17, 15) is 9.90 Å². The number of hydrogen-bond acceptors (Lipinski definition) is 2. The van der Waals surface area contributed by atoms with Gasteiger partial charge < -0.3 is 5.11 Å². The van der Waals surface area contributed by atoms with Gasteiger partial charge in [-0.1, -0.05) is 52.5 Å². The number of aliphatic hydroxyl groups is 1. The largest absolute Gasteiger partial charge is 0.389 e. The average Bonchev–Trinajstić information content (AvgIpc) is 2.99. The van der Waals surface area contributed by atoms with Crippen LogP contribution in [0.2, 0.25) is 0 Å². The van der Waals surface area contributed by atoms with Crippen molar-refractivity contribution in [2.45, 2.75) is 104 Å². The van der Waals surface area contributed by atoms with E-state index in [1.165, 1.54) is 44.1 Å². The maximum Gasteiger partial charge on any atom is 0.155 e. The Morgan fingerprint density at radius 2 is 1.82 bits per heavy atom. The van der Waals surface area contributed by atoms with E-state index in [0.717, 1.165) is 38.0 Å². The third kappa shape index (κ3) is 3.32. The Bertz CT molecular complexity index is 634. The summed E-state index contributed by atoms with van der Waals surface area (Å²) in [5, 5.41) is 11.9. The molecule has 0 saturated heterocycles. The second-order valence-electron chi connectivity index (χ2n) is 11.5. The van der Waals surface area contributed by atoms with Gasteiger partial charge in [-0.3, -0.25) is 4.79 Å². The van der Waals surface area contributed by atoms with Crippen LogP contribution in [-0.4, -0.2) is 16.5 Å². The molecule has 3 saturated carbocycles. The van der Waals surface area contributed by atoms with Crippen LogP contribution in [-0.2, 0) is 4.79 Å². The van der Waals surface area contributed by atoms with Crippen molar-refractivity contribution >= 4 is 5.78 Å². The lowest BCUT2D eigenvalue weighted by molar-refractivity contribution is -0.137. The van der Waals surface area contributed by atoms with E-state index in [-0.39, 0.29) is 5.41 Å². The molecule has 0 spiro atoms. The van der Waals surface area contributed by atoms with Gasteiger partial charge in [0.2, 0.25) is 0 Å². The van der Waals surface area contributed by atoms with E-state index >= 15 is 0 Å². The van der Waals surface area contributed by atoms with Gasteiger partial charge >= 0.3 is 0 Å². The van der Waals surface area contributed by atoms with E-state index in [4.69, 9.17) is 0 Å². The van der Waals surface area contributed by atoms with Crippen molar-refractivity contribution in [3.8, 4) is 0 Å². The standard InChI is InChI=1S/C26H42O2/c1-17(2)6-5-7-18(3)22-10-11-24-21-9-8-19-16-20(27)12-14-25(19,4)23(21)13-15-26(22,24)28/h16-18,21-24,28H,5-15H2,1-4H3. The lowest BCUT2D eigenvalue weighted by Crippen LogP contribution is -2.55. The SMILES string of the molecule is CC(C)CCCC(C)C1CCC2C3CCC4=CC(=O)CCC4(C)C3CCC12O. The van der Waals surface area contributed by atoms with Crippen molar-refractivity contribution in [2.75, 3.05) is 0 Å². The number of allylic oxidation sites excluding steroid dienone is 1. The number of rotatable bonds is 5. The second-order valence-corrected chi connectivity index (χ2v) is 11.5. The first-order chi connectivity index (χ1) is 13.3. The van der Waals surface area contributed by atoms with Gasteiger partial charge in [0, 0.05) is 6.42 Å². The normalized spacial score (nSPS) is 43.9. The van der Waals surface area contributed by atoms with Gasteiger partial charge in [0.25, 0.3) is 0 Å². The third-order valence-corrected chi connectivity index (χ3v) is 9.62. The molecule has 3 fully saturated rings. The first kappa shape index (κ1) is 20.6. The highest BCUT2D eigenvalue weighted by atomic mass is 16.3. The molecule has 0 heterocycles. The first-order valence-corrected chi connectivity index (χ1v) is 12.2. The summed E-state index contributed by atoms with van der Waals surface area (Å²) in [6, 6.07) is 0. The molecule has 4 rings (SSSR count). The number of carbonyl (C=O) groups excluding carboxylic acids is 1. The first-order valence-electron chi connectivity index (χ1n) is 12.2. The fourth-order valence-electron chi connectivity index (χ4n) is 8.07. The molecule has 0 bridgehead atoms. The summed E-state index contributed by atoms with van der Waals surface area (Å²) >= 11 is 0. The third-order valence-electron chi connectivity index (χ3n) is 9.62. The number of ketones is 1. The van der Waals surface area contributed by atoms with Crippen LogP contribution < -0.4 is 0 Å². The fourth-order valence-corrected chi connectivity index (χ4v) is 8.07. The van der Waals surface area contributed by atoms with Gasteiger partial charge in [-0.2, -0.15) is 0 Å². The van der Waals surface area contributed by atoms with Gasteiger partial charge in [-0.15, -0.1) is 0 Å². The molecule has 0 radical (unpaired) electrons. The molecule has 7 unspecified atom stereocenters. The van der Waals surface area contributed by atoms with Crippen molar-refractivity contribution in [1.82, 2.24) is 0 Å². The Balaban J connectivity index is 1.49. The molecular weight excluding hydrogens is 344 g/mol. The lowest BCUT2D eigenvalue weighted by Gasteiger charge is -2.57. The summed E-state index contributed by atoms with van der Waals surface area (Å²) < 4.78 is 0. The molecule has 0 aromatic carbocycles. The zero-order chi connectivity index (χ0) is 20.1. The summed E-state index contributed by atoms with van der Waals surface area (Å²) in [6.07, 6.45) is 14.6. The minimum Gasteiger partial charge on any atom is -0.389 e.